The van der Waals surface area contributed by atoms with Crippen molar-refractivity contribution < 1.29 is 32.2 Å². The summed E-state index contributed by atoms with van der Waals surface area (Å²) in [6, 6.07) is 12.3. The number of esters is 1. The standard InChI is InChI=1S/C21H24N2O7S/c1-15(21(25)30-4)23(31(26,27)18-11-9-17(29-3)10-12-18)13-16-7-5-6-8-19(16)22-20(24)14-28-2/h5-12H,1,13-14H2,2-4H3,(H,22,24). The molecule has 0 bridgehead atoms. The minimum Gasteiger partial charge on any atom is -0.497 e. The summed E-state index contributed by atoms with van der Waals surface area (Å²) in [4.78, 5) is 24.0. The topological polar surface area (TPSA) is 111 Å². The van der Waals surface area contributed by atoms with Gasteiger partial charge in [-0.05, 0) is 35.9 Å². The van der Waals surface area contributed by atoms with Crippen LogP contribution in [0.15, 0.2) is 65.7 Å². The van der Waals surface area contributed by atoms with Crippen molar-refractivity contribution in [2.75, 3.05) is 33.3 Å². The molecule has 2 aromatic rings. The zero-order valence-corrected chi connectivity index (χ0v) is 18.3. The van der Waals surface area contributed by atoms with E-state index >= 15 is 0 Å². The molecule has 0 aromatic heterocycles. The lowest BCUT2D eigenvalue weighted by Crippen LogP contribution is -2.33. The van der Waals surface area contributed by atoms with Gasteiger partial charge in [-0.25, -0.2) is 13.2 Å². The quantitative estimate of drug-likeness (QED) is 0.438. The van der Waals surface area contributed by atoms with Gasteiger partial charge in [-0.3, -0.25) is 9.10 Å². The van der Waals surface area contributed by atoms with Crippen LogP contribution in [0.3, 0.4) is 0 Å². The van der Waals surface area contributed by atoms with Gasteiger partial charge in [-0.15, -0.1) is 0 Å². The highest BCUT2D eigenvalue weighted by atomic mass is 32.2. The van der Waals surface area contributed by atoms with E-state index in [0.717, 1.165) is 11.4 Å². The zero-order chi connectivity index (χ0) is 23.0. The highest BCUT2D eigenvalue weighted by molar-refractivity contribution is 7.89. The smallest absolute Gasteiger partial charge is 0.354 e. The van der Waals surface area contributed by atoms with Gasteiger partial charge < -0.3 is 19.5 Å². The maximum Gasteiger partial charge on any atom is 0.354 e. The number of amides is 1. The number of para-hydroxylation sites is 1. The fourth-order valence-electron chi connectivity index (χ4n) is 2.67. The minimum absolute atomic E-state index is 0.0701. The largest absolute Gasteiger partial charge is 0.497 e. The lowest BCUT2D eigenvalue weighted by atomic mass is 10.1. The van der Waals surface area contributed by atoms with Crippen LogP contribution in [0.4, 0.5) is 5.69 Å². The fourth-order valence-corrected chi connectivity index (χ4v) is 4.08. The van der Waals surface area contributed by atoms with Crippen molar-refractivity contribution in [3.05, 3.63) is 66.4 Å². The summed E-state index contributed by atoms with van der Waals surface area (Å²) >= 11 is 0. The average Bonchev–Trinajstić information content (AvgIpc) is 2.77. The number of benzene rings is 2. The minimum atomic E-state index is -4.19. The maximum absolute atomic E-state index is 13.3. The van der Waals surface area contributed by atoms with Crippen molar-refractivity contribution in [1.29, 1.82) is 0 Å². The maximum atomic E-state index is 13.3. The van der Waals surface area contributed by atoms with Crippen LogP contribution in [-0.4, -0.2) is 52.5 Å². The number of ether oxygens (including phenoxy) is 3. The Morgan fingerprint density at radius 2 is 1.68 bits per heavy atom. The van der Waals surface area contributed by atoms with Crippen molar-refractivity contribution in [2.24, 2.45) is 0 Å². The molecule has 31 heavy (non-hydrogen) atoms. The predicted molar refractivity (Wildman–Crippen MR) is 114 cm³/mol. The van der Waals surface area contributed by atoms with Crippen LogP contribution in [-0.2, 0) is 35.6 Å². The van der Waals surface area contributed by atoms with E-state index in [1.54, 1.807) is 24.3 Å². The van der Waals surface area contributed by atoms with Crippen molar-refractivity contribution in [3.63, 3.8) is 0 Å². The normalized spacial score (nSPS) is 10.8. The highest BCUT2D eigenvalue weighted by Crippen LogP contribution is 2.27. The Hall–Kier alpha value is -3.37. The number of rotatable bonds is 10. The van der Waals surface area contributed by atoms with Crippen LogP contribution in [0.2, 0.25) is 0 Å². The lowest BCUT2D eigenvalue weighted by Gasteiger charge is -2.26. The number of nitrogens with zero attached hydrogens (tertiary/aromatic N) is 1. The monoisotopic (exact) mass is 448 g/mol. The molecule has 0 unspecified atom stereocenters. The fraction of sp³-hybridized carbons (Fsp3) is 0.238. The molecular formula is C21H24N2O7S. The second-order valence-electron chi connectivity index (χ2n) is 6.26. The van der Waals surface area contributed by atoms with Gasteiger partial charge in [0.2, 0.25) is 5.91 Å². The number of hydrogen-bond acceptors (Lipinski definition) is 7. The first-order valence-corrected chi connectivity index (χ1v) is 10.5. The van der Waals surface area contributed by atoms with Crippen molar-refractivity contribution in [2.45, 2.75) is 11.4 Å². The molecule has 0 saturated carbocycles. The third-order valence-electron chi connectivity index (χ3n) is 4.25. The third kappa shape index (κ3) is 5.83. The number of anilines is 1. The summed E-state index contributed by atoms with van der Waals surface area (Å²) in [6.45, 7) is 3.17. The molecule has 0 heterocycles. The van der Waals surface area contributed by atoms with Crippen LogP contribution < -0.4 is 10.1 Å². The molecule has 0 aliphatic heterocycles. The summed E-state index contributed by atoms with van der Waals surface area (Å²) < 4.78 is 42.1. The van der Waals surface area contributed by atoms with Crippen molar-refractivity contribution in [1.82, 2.24) is 4.31 Å². The molecule has 9 nitrogen and oxygen atoms in total. The Kier molecular flexibility index (Phi) is 8.17. The van der Waals surface area contributed by atoms with E-state index in [-0.39, 0.29) is 23.7 Å². The Morgan fingerprint density at radius 3 is 2.26 bits per heavy atom. The Labute approximate surface area is 181 Å². The molecule has 0 atom stereocenters. The number of nitrogens with one attached hydrogen (secondary N) is 1. The second-order valence-corrected chi connectivity index (χ2v) is 8.13. The van der Waals surface area contributed by atoms with Crippen LogP contribution >= 0.6 is 0 Å². The van der Waals surface area contributed by atoms with Crippen LogP contribution in [0.1, 0.15) is 5.56 Å². The first-order valence-electron chi connectivity index (χ1n) is 9.05. The highest BCUT2D eigenvalue weighted by Gasteiger charge is 2.30. The van der Waals surface area contributed by atoms with Gasteiger partial charge in [0.05, 0.1) is 25.7 Å². The molecule has 1 N–H and O–H groups in total. The van der Waals surface area contributed by atoms with E-state index in [4.69, 9.17) is 9.47 Å². The van der Waals surface area contributed by atoms with Gasteiger partial charge in [-0.2, -0.15) is 0 Å². The molecule has 0 aliphatic carbocycles. The molecule has 0 saturated heterocycles. The first kappa shape index (κ1) is 23.9. The van der Waals surface area contributed by atoms with Crippen LogP contribution in [0.25, 0.3) is 0 Å². The number of carbonyl (C=O) groups excluding carboxylic acids is 2. The zero-order valence-electron chi connectivity index (χ0n) is 17.5. The molecule has 1 amide bonds. The molecule has 2 rings (SSSR count). The number of sulfonamides is 1. The van der Waals surface area contributed by atoms with Gasteiger partial charge in [0.15, 0.2) is 0 Å². The van der Waals surface area contributed by atoms with Gasteiger partial charge in [0, 0.05) is 12.8 Å². The first-order chi connectivity index (χ1) is 14.7. The average molecular weight is 448 g/mol. The van der Waals surface area contributed by atoms with Gasteiger partial charge in [0.1, 0.15) is 18.1 Å². The van der Waals surface area contributed by atoms with Crippen molar-refractivity contribution >= 4 is 27.6 Å². The van der Waals surface area contributed by atoms with E-state index in [1.807, 2.05) is 0 Å². The lowest BCUT2D eigenvalue weighted by molar-refractivity contribution is -0.137. The number of methoxy groups -OCH3 is 3. The predicted octanol–water partition coefficient (Wildman–Crippen LogP) is 2.16. The van der Waals surface area contributed by atoms with Gasteiger partial charge >= 0.3 is 5.97 Å². The van der Waals surface area contributed by atoms with Gasteiger partial charge in [-0.1, -0.05) is 24.8 Å². The molecule has 166 valence electrons. The van der Waals surface area contributed by atoms with Gasteiger partial charge in [0.25, 0.3) is 10.0 Å². The second kappa shape index (κ2) is 10.6. The number of hydrogen-bond donors (Lipinski definition) is 1. The summed E-state index contributed by atoms with van der Waals surface area (Å²) in [5, 5.41) is 2.66. The molecule has 0 fully saturated rings. The summed E-state index contributed by atoms with van der Waals surface area (Å²) in [6.07, 6.45) is 0. The third-order valence-corrected chi connectivity index (χ3v) is 6.05. The van der Waals surface area contributed by atoms with Crippen LogP contribution in [0, 0.1) is 0 Å². The number of carbonyl (C=O) groups is 2. The van der Waals surface area contributed by atoms with E-state index in [1.165, 1.54) is 38.5 Å². The molecule has 10 heteroatoms. The van der Waals surface area contributed by atoms with Crippen LogP contribution in [0.5, 0.6) is 5.75 Å². The van der Waals surface area contributed by atoms with E-state index in [2.05, 4.69) is 16.6 Å². The molecular weight excluding hydrogens is 424 g/mol. The van der Waals surface area contributed by atoms with E-state index < -0.39 is 21.9 Å². The molecule has 0 spiro atoms. The van der Waals surface area contributed by atoms with E-state index in [0.29, 0.717) is 17.0 Å². The Bertz CT molecular complexity index is 1050. The Morgan fingerprint density at radius 1 is 1.03 bits per heavy atom. The Balaban J connectivity index is 2.47. The molecule has 0 aliphatic rings. The molecule has 0 radical (unpaired) electrons. The summed E-state index contributed by atoms with van der Waals surface area (Å²) in [5.74, 6) is -0.840. The summed E-state index contributed by atoms with van der Waals surface area (Å²) in [5.41, 5.74) is 0.433. The SMILES string of the molecule is C=C(C(=O)OC)N(Cc1ccccc1NC(=O)COC)S(=O)(=O)c1ccc(OC)cc1. The molecule has 2 aromatic carbocycles. The summed E-state index contributed by atoms with van der Waals surface area (Å²) in [7, 11) is -0.219. The van der Waals surface area contributed by atoms with E-state index in [9.17, 15) is 18.0 Å². The van der Waals surface area contributed by atoms with Crippen molar-refractivity contribution in [3.8, 4) is 5.75 Å².